The Bertz CT molecular complexity index is 799. The number of piperidine rings is 1. The molecule has 0 saturated carbocycles. The monoisotopic (exact) mass is 349 g/mol. The smallest absolute Gasteiger partial charge is 0.324 e. The molecule has 126 valence electrons. The first-order valence-corrected chi connectivity index (χ1v) is 8.13. The van der Waals surface area contributed by atoms with Crippen molar-refractivity contribution in [3.05, 3.63) is 39.4 Å². The van der Waals surface area contributed by atoms with Crippen molar-refractivity contribution < 1.29 is 14.5 Å². The number of amides is 2. The molecule has 3 heterocycles. The lowest BCUT2D eigenvalue weighted by molar-refractivity contribution is -0.380. The van der Waals surface area contributed by atoms with Crippen LogP contribution in [-0.2, 0) is 11.8 Å². The number of anilines is 1. The Morgan fingerprint density at radius 1 is 1.46 bits per heavy atom. The van der Waals surface area contributed by atoms with E-state index in [-0.39, 0.29) is 15.8 Å². The van der Waals surface area contributed by atoms with Gasteiger partial charge >= 0.3 is 5.00 Å². The number of hydrogen-bond acceptors (Lipinski definition) is 6. The van der Waals surface area contributed by atoms with Crippen LogP contribution in [0.5, 0.6) is 0 Å². The fourth-order valence-electron chi connectivity index (χ4n) is 2.56. The summed E-state index contributed by atoms with van der Waals surface area (Å²) in [4.78, 5) is 36.7. The molecule has 0 bridgehead atoms. The van der Waals surface area contributed by atoms with Gasteiger partial charge in [-0.2, -0.15) is 5.10 Å². The highest BCUT2D eigenvalue weighted by Gasteiger charge is 2.32. The standard InChI is InChI=1S/C14H15N5O4S/c1-17-8-6-11(16-17)18-7-2-3-9(14(18)21)15-13(20)10-4-5-12(24-10)19(22)23/h4-6,8-9H,2-3,7H2,1H3,(H,15,20)/t9-/m0/s1. The van der Waals surface area contributed by atoms with E-state index >= 15 is 0 Å². The van der Waals surface area contributed by atoms with E-state index in [1.54, 1.807) is 28.9 Å². The van der Waals surface area contributed by atoms with Crippen molar-refractivity contribution in [2.75, 3.05) is 11.4 Å². The molecule has 3 rings (SSSR count). The van der Waals surface area contributed by atoms with Crippen molar-refractivity contribution in [3.8, 4) is 0 Å². The van der Waals surface area contributed by atoms with Crippen LogP contribution in [0.4, 0.5) is 10.8 Å². The van der Waals surface area contributed by atoms with E-state index in [9.17, 15) is 19.7 Å². The molecule has 1 aliphatic rings. The van der Waals surface area contributed by atoms with Gasteiger partial charge in [-0.15, -0.1) is 0 Å². The molecule has 9 nitrogen and oxygen atoms in total. The number of carbonyl (C=O) groups is 2. The Kier molecular flexibility index (Phi) is 4.30. The second-order valence-corrected chi connectivity index (χ2v) is 6.46. The number of nitrogens with zero attached hydrogens (tertiary/aromatic N) is 4. The summed E-state index contributed by atoms with van der Waals surface area (Å²) in [6.07, 6.45) is 3.01. The third-order valence-electron chi connectivity index (χ3n) is 3.72. The molecule has 1 fully saturated rings. The highest BCUT2D eigenvalue weighted by Crippen LogP contribution is 2.24. The van der Waals surface area contributed by atoms with Crippen LogP contribution in [0.3, 0.4) is 0 Å². The zero-order chi connectivity index (χ0) is 17.3. The van der Waals surface area contributed by atoms with Crippen LogP contribution in [0, 0.1) is 10.1 Å². The van der Waals surface area contributed by atoms with Crippen molar-refractivity contribution in [3.63, 3.8) is 0 Å². The molecule has 24 heavy (non-hydrogen) atoms. The number of carbonyl (C=O) groups excluding carboxylic acids is 2. The Balaban J connectivity index is 1.70. The second-order valence-electron chi connectivity index (χ2n) is 5.40. The van der Waals surface area contributed by atoms with E-state index in [4.69, 9.17) is 0 Å². The lowest BCUT2D eigenvalue weighted by atomic mass is 10.0. The van der Waals surface area contributed by atoms with Crippen LogP contribution in [0.1, 0.15) is 22.5 Å². The van der Waals surface area contributed by atoms with Gasteiger partial charge in [-0.3, -0.25) is 29.3 Å². The molecule has 1 N–H and O–H groups in total. The highest BCUT2D eigenvalue weighted by molar-refractivity contribution is 7.17. The summed E-state index contributed by atoms with van der Waals surface area (Å²) >= 11 is 0.788. The maximum atomic E-state index is 12.6. The molecule has 1 aliphatic heterocycles. The van der Waals surface area contributed by atoms with Crippen LogP contribution in [0.2, 0.25) is 0 Å². The molecular formula is C14H15N5O4S. The second kappa shape index (κ2) is 6.40. The summed E-state index contributed by atoms with van der Waals surface area (Å²) in [6, 6.07) is 3.75. The Morgan fingerprint density at radius 2 is 2.25 bits per heavy atom. The molecule has 2 amide bonds. The largest absolute Gasteiger partial charge is 0.340 e. The summed E-state index contributed by atoms with van der Waals surface area (Å²) in [6.45, 7) is 0.548. The fraction of sp³-hybridized carbons (Fsp3) is 0.357. The van der Waals surface area contributed by atoms with Gasteiger partial charge in [0.25, 0.3) is 11.8 Å². The molecule has 0 aliphatic carbocycles. The first kappa shape index (κ1) is 16.1. The Hall–Kier alpha value is -2.75. The van der Waals surface area contributed by atoms with E-state index in [2.05, 4.69) is 10.4 Å². The van der Waals surface area contributed by atoms with Crippen LogP contribution in [0.25, 0.3) is 0 Å². The average Bonchev–Trinajstić information content (AvgIpc) is 3.18. The van der Waals surface area contributed by atoms with Gasteiger partial charge in [0, 0.05) is 31.9 Å². The van der Waals surface area contributed by atoms with Crippen LogP contribution in [0.15, 0.2) is 24.4 Å². The summed E-state index contributed by atoms with van der Waals surface area (Å²) in [5.74, 6) is -0.151. The normalized spacial score (nSPS) is 17.8. The molecule has 1 saturated heterocycles. The van der Waals surface area contributed by atoms with Gasteiger partial charge in [0.2, 0.25) is 0 Å². The lowest BCUT2D eigenvalue weighted by Crippen LogP contribution is -2.52. The van der Waals surface area contributed by atoms with Gasteiger partial charge < -0.3 is 5.32 Å². The molecule has 0 unspecified atom stereocenters. The van der Waals surface area contributed by atoms with E-state index in [0.717, 1.165) is 17.8 Å². The molecule has 0 aromatic carbocycles. The van der Waals surface area contributed by atoms with Crippen molar-refractivity contribution in [2.24, 2.45) is 7.05 Å². The van der Waals surface area contributed by atoms with Crippen LogP contribution in [-0.4, -0.2) is 39.1 Å². The van der Waals surface area contributed by atoms with Crippen molar-refractivity contribution in [2.45, 2.75) is 18.9 Å². The van der Waals surface area contributed by atoms with Gasteiger partial charge in [-0.1, -0.05) is 11.3 Å². The average molecular weight is 349 g/mol. The SMILES string of the molecule is Cn1ccc(N2CCC[C@H](NC(=O)c3ccc([N+](=O)[O-])s3)C2=O)n1. The molecule has 0 radical (unpaired) electrons. The maximum absolute atomic E-state index is 12.6. The predicted octanol–water partition coefficient (Wildman–Crippen LogP) is 1.32. The molecule has 2 aromatic heterocycles. The fourth-order valence-corrected chi connectivity index (χ4v) is 3.28. The molecule has 1 atom stereocenters. The van der Waals surface area contributed by atoms with Crippen molar-refractivity contribution in [1.82, 2.24) is 15.1 Å². The number of hydrogen-bond donors (Lipinski definition) is 1. The number of aryl methyl sites for hydroxylation is 1. The topological polar surface area (TPSA) is 110 Å². The minimum absolute atomic E-state index is 0.106. The summed E-state index contributed by atoms with van der Waals surface area (Å²) in [7, 11) is 1.76. The maximum Gasteiger partial charge on any atom is 0.324 e. The molecule has 10 heteroatoms. The van der Waals surface area contributed by atoms with Crippen molar-refractivity contribution >= 4 is 34.0 Å². The third kappa shape index (κ3) is 3.13. The number of rotatable bonds is 4. The van der Waals surface area contributed by atoms with E-state index in [1.165, 1.54) is 12.1 Å². The summed E-state index contributed by atoms with van der Waals surface area (Å²) in [5.41, 5.74) is 0. The zero-order valence-corrected chi connectivity index (χ0v) is 13.7. The van der Waals surface area contributed by atoms with Gasteiger partial charge in [-0.05, 0) is 18.9 Å². The zero-order valence-electron chi connectivity index (χ0n) is 12.8. The van der Waals surface area contributed by atoms with E-state index < -0.39 is 16.9 Å². The molecular weight excluding hydrogens is 334 g/mol. The molecule has 0 spiro atoms. The van der Waals surface area contributed by atoms with Gasteiger partial charge in [0.15, 0.2) is 5.82 Å². The number of nitrogens with one attached hydrogen (secondary N) is 1. The number of aromatic nitrogens is 2. The lowest BCUT2D eigenvalue weighted by Gasteiger charge is -2.31. The number of thiophene rings is 1. The predicted molar refractivity (Wildman–Crippen MR) is 87.0 cm³/mol. The van der Waals surface area contributed by atoms with Crippen molar-refractivity contribution in [1.29, 1.82) is 0 Å². The third-order valence-corrected chi connectivity index (χ3v) is 4.75. The summed E-state index contributed by atoms with van der Waals surface area (Å²) in [5, 5.41) is 17.5. The highest BCUT2D eigenvalue weighted by atomic mass is 32.1. The van der Waals surface area contributed by atoms with Gasteiger partial charge in [0.1, 0.15) is 6.04 Å². The quantitative estimate of drug-likeness (QED) is 0.661. The first-order valence-electron chi connectivity index (χ1n) is 7.32. The molecule has 2 aromatic rings. The van der Waals surface area contributed by atoms with Gasteiger partial charge in [0.05, 0.1) is 9.80 Å². The Labute approximate surface area is 141 Å². The minimum atomic E-state index is -0.658. The van der Waals surface area contributed by atoms with Gasteiger partial charge in [-0.25, -0.2) is 0 Å². The Morgan fingerprint density at radius 3 is 2.88 bits per heavy atom. The van der Waals surface area contributed by atoms with E-state index in [0.29, 0.717) is 18.8 Å². The van der Waals surface area contributed by atoms with E-state index in [1.807, 2.05) is 0 Å². The minimum Gasteiger partial charge on any atom is -0.340 e. The first-order chi connectivity index (χ1) is 11.5. The summed E-state index contributed by atoms with van der Waals surface area (Å²) < 4.78 is 1.61. The van der Waals surface area contributed by atoms with Crippen LogP contribution < -0.4 is 10.2 Å². The number of nitro groups is 1. The van der Waals surface area contributed by atoms with Crippen LogP contribution >= 0.6 is 11.3 Å².